The molecule has 0 rings (SSSR count). The Bertz CT molecular complexity index is 367. The van der Waals surface area contributed by atoms with Gasteiger partial charge in [-0.3, -0.25) is 4.79 Å². The fraction of sp³-hybridized carbons (Fsp3) is 0.909. The zero-order valence-corrected chi connectivity index (χ0v) is 12.3. The number of rotatable bonds is 8. The van der Waals surface area contributed by atoms with E-state index in [1.165, 1.54) is 7.11 Å². The molecule has 6 nitrogen and oxygen atoms in total. The van der Waals surface area contributed by atoms with Crippen LogP contribution in [0.4, 0.5) is 0 Å². The van der Waals surface area contributed by atoms with Crippen molar-refractivity contribution in [2.24, 2.45) is 11.7 Å². The predicted molar refractivity (Wildman–Crippen MR) is 70.5 cm³/mol. The summed E-state index contributed by atoms with van der Waals surface area (Å²) in [5.74, 6) is -0.506. The van der Waals surface area contributed by atoms with Crippen LogP contribution < -0.4 is 10.5 Å². The van der Waals surface area contributed by atoms with E-state index < -0.39 is 21.5 Å². The lowest BCUT2D eigenvalue weighted by atomic mass is 9.92. The summed E-state index contributed by atoms with van der Waals surface area (Å²) < 4.78 is 30.6. The molecule has 0 saturated heterocycles. The van der Waals surface area contributed by atoms with Crippen LogP contribution in [0.1, 0.15) is 33.6 Å². The number of carbonyl (C=O) groups excluding carboxylic acids is 1. The second kappa shape index (κ2) is 7.06. The van der Waals surface area contributed by atoms with E-state index in [-0.39, 0.29) is 18.7 Å². The van der Waals surface area contributed by atoms with E-state index >= 15 is 0 Å². The Morgan fingerprint density at radius 1 is 1.44 bits per heavy atom. The van der Waals surface area contributed by atoms with Crippen molar-refractivity contribution in [1.82, 2.24) is 4.72 Å². The second-order valence-corrected chi connectivity index (χ2v) is 6.95. The van der Waals surface area contributed by atoms with Gasteiger partial charge in [-0.2, -0.15) is 0 Å². The quantitative estimate of drug-likeness (QED) is 0.620. The predicted octanol–water partition coefficient (Wildman–Crippen LogP) is 0.232. The second-order valence-electron chi connectivity index (χ2n) is 5.11. The number of hydrogen-bond acceptors (Lipinski definition) is 5. The summed E-state index contributed by atoms with van der Waals surface area (Å²) in [5, 5.41) is 0. The molecule has 7 heteroatoms. The molecule has 108 valence electrons. The fourth-order valence-electron chi connectivity index (χ4n) is 1.81. The van der Waals surface area contributed by atoms with Gasteiger partial charge in [-0.05, 0) is 19.3 Å². The molecule has 0 aromatic heterocycles. The monoisotopic (exact) mass is 280 g/mol. The van der Waals surface area contributed by atoms with Gasteiger partial charge in [0.25, 0.3) is 0 Å². The van der Waals surface area contributed by atoms with Crippen LogP contribution in [0.3, 0.4) is 0 Å². The van der Waals surface area contributed by atoms with E-state index in [0.29, 0.717) is 12.3 Å². The Morgan fingerprint density at radius 3 is 2.39 bits per heavy atom. The molecule has 18 heavy (non-hydrogen) atoms. The third-order valence-electron chi connectivity index (χ3n) is 2.51. The first-order chi connectivity index (χ1) is 8.14. The molecule has 0 aliphatic heterocycles. The lowest BCUT2D eigenvalue weighted by molar-refractivity contribution is -0.140. The van der Waals surface area contributed by atoms with Crippen molar-refractivity contribution in [2.45, 2.75) is 39.2 Å². The SMILES string of the molecule is COC(=O)CCS(=O)(=O)NC(C)(CN)CC(C)C. The standard InChI is InChI=1S/C11H24N2O4S/c1-9(2)7-11(3,8-12)13-18(15,16)6-5-10(14)17-4/h9,13H,5-8,12H2,1-4H3. The van der Waals surface area contributed by atoms with E-state index in [2.05, 4.69) is 9.46 Å². The summed E-state index contributed by atoms with van der Waals surface area (Å²) in [4.78, 5) is 10.9. The molecule has 0 bridgehead atoms. The topological polar surface area (TPSA) is 98.5 Å². The number of nitrogens with two attached hydrogens (primary N) is 1. The molecule has 0 aromatic rings. The molecule has 3 N–H and O–H groups in total. The first kappa shape index (κ1) is 17.3. The molecule has 0 aliphatic rings. The summed E-state index contributed by atoms with van der Waals surface area (Å²) >= 11 is 0. The van der Waals surface area contributed by atoms with Crippen LogP contribution in [0.2, 0.25) is 0 Å². The van der Waals surface area contributed by atoms with Crippen LogP contribution in [0.5, 0.6) is 0 Å². The number of ether oxygens (including phenoxy) is 1. The van der Waals surface area contributed by atoms with Crippen molar-refractivity contribution < 1.29 is 17.9 Å². The van der Waals surface area contributed by atoms with E-state index in [1.807, 2.05) is 13.8 Å². The van der Waals surface area contributed by atoms with Crippen LogP contribution in [0, 0.1) is 5.92 Å². The first-order valence-corrected chi connectivity index (χ1v) is 7.58. The van der Waals surface area contributed by atoms with Gasteiger partial charge in [-0.25, -0.2) is 13.1 Å². The molecule has 0 saturated carbocycles. The first-order valence-electron chi connectivity index (χ1n) is 5.92. The van der Waals surface area contributed by atoms with Gasteiger partial charge >= 0.3 is 5.97 Å². The molecule has 0 radical (unpaired) electrons. The minimum absolute atomic E-state index is 0.159. The molecule has 1 atom stereocenters. The highest BCUT2D eigenvalue weighted by atomic mass is 32.2. The van der Waals surface area contributed by atoms with Crippen molar-refractivity contribution >= 4 is 16.0 Å². The normalized spacial score (nSPS) is 15.4. The van der Waals surface area contributed by atoms with E-state index in [4.69, 9.17) is 5.73 Å². The van der Waals surface area contributed by atoms with Gasteiger partial charge in [0.05, 0.1) is 19.3 Å². The maximum Gasteiger partial charge on any atom is 0.306 e. The summed E-state index contributed by atoms with van der Waals surface area (Å²) in [6, 6.07) is 0. The largest absolute Gasteiger partial charge is 0.469 e. The van der Waals surface area contributed by atoms with Gasteiger partial charge in [-0.1, -0.05) is 13.8 Å². The Morgan fingerprint density at radius 2 is 2.00 bits per heavy atom. The van der Waals surface area contributed by atoms with Crippen molar-refractivity contribution in [3.8, 4) is 0 Å². The highest BCUT2D eigenvalue weighted by Crippen LogP contribution is 2.16. The Hall–Kier alpha value is -0.660. The van der Waals surface area contributed by atoms with Crippen LogP contribution in [-0.2, 0) is 19.6 Å². The molecule has 0 aliphatic carbocycles. The lowest BCUT2D eigenvalue weighted by Gasteiger charge is -2.30. The smallest absolute Gasteiger partial charge is 0.306 e. The van der Waals surface area contributed by atoms with E-state index in [0.717, 1.165) is 0 Å². The number of sulfonamides is 1. The zero-order chi connectivity index (χ0) is 14.4. The van der Waals surface area contributed by atoms with Gasteiger partial charge < -0.3 is 10.5 Å². The molecule has 0 heterocycles. The maximum absolute atomic E-state index is 11.8. The Kier molecular flexibility index (Phi) is 6.80. The molecular formula is C11H24N2O4S. The van der Waals surface area contributed by atoms with Crippen molar-refractivity contribution in [1.29, 1.82) is 0 Å². The summed E-state index contributed by atoms with van der Waals surface area (Å²) in [5.41, 5.74) is 4.95. The van der Waals surface area contributed by atoms with Gasteiger partial charge in [0.15, 0.2) is 0 Å². The third-order valence-corrected chi connectivity index (χ3v) is 4.06. The van der Waals surface area contributed by atoms with Crippen LogP contribution >= 0.6 is 0 Å². The highest BCUT2D eigenvalue weighted by Gasteiger charge is 2.29. The van der Waals surface area contributed by atoms with Crippen molar-refractivity contribution in [2.75, 3.05) is 19.4 Å². The maximum atomic E-state index is 11.8. The van der Waals surface area contributed by atoms with Crippen LogP contribution in [0.25, 0.3) is 0 Å². The van der Waals surface area contributed by atoms with Gasteiger partial charge in [0.1, 0.15) is 0 Å². The van der Waals surface area contributed by atoms with Crippen LogP contribution in [-0.4, -0.2) is 39.3 Å². The van der Waals surface area contributed by atoms with E-state index in [9.17, 15) is 13.2 Å². The molecule has 0 fully saturated rings. The average Bonchev–Trinajstić information content (AvgIpc) is 2.24. The molecule has 0 amide bonds. The van der Waals surface area contributed by atoms with Crippen molar-refractivity contribution in [3.05, 3.63) is 0 Å². The van der Waals surface area contributed by atoms with Gasteiger partial charge in [0.2, 0.25) is 10.0 Å². The van der Waals surface area contributed by atoms with E-state index in [1.54, 1.807) is 6.92 Å². The number of methoxy groups -OCH3 is 1. The number of esters is 1. The Labute approximate surface area is 109 Å². The molecule has 0 aromatic carbocycles. The van der Waals surface area contributed by atoms with Crippen LogP contribution in [0.15, 0.2) is 0 Å². The summed E-state index contributed by atoms with van der Waals surface area (Å²) in [7, 11) is -2.31. The average molecular weight is 280 g/mol. The summed E-state index contributed by atoms with van der Waals surface area (Å²) in [6.07, 6.45) is 0.481. The molecule has 1 unspecified atom stereocenters. The summed E-state index contributed by atoms with van der Waals surface area (Å²) in [6.45, 7) is 5.97. The lowest BCUT2D eigenvalue weighted by Crippen LogP contribution is -2.52. The van der Waals surface area contributed by atoms with Gasteiger partial charge in [-0.15, -0.1) is 0 Å². The minimum Gasteiger partial charge on any atom is -0.469 e. The third kappa shape index (κ3) is 6.93. The molecular weight excluding hydrogens is 256 g/mol. The number of nitrogens with one attached hydrogen (secondary N) is 1. The number of carbonyl (C=O) groups is 1. The molecule has 0 spiro atoms. The number of hydrogen-bond donors (Lipinski definition) is 2. The minimum atomic E-state index is -3.53. The Balaban J connectivity index is 4.58. The fourth-order valence-corrected chi connectivity index (χ4v) is 3.27. The zero-order valence-electron chi connectivity index (χ0n) is 11.5. The highest BCUT2D eigenvalue weighted by molar-refractivity contribution is 7.89. The van der Waals surface area contributed by atoms with Gasteiger partial charge in [0, 0.05) is 12.1 Å². The van der Waals surface area contributed by atoms with Crippen molar-refractivity contribution in [3.63, 3.8) is 0 Å².